The highest BCUT2D eigenvalue weighted by Crippen LogP contribution is 2.36. The first-order chi connectivity index (χ1) is 28.1. The zero-order valence-corrected chi connectivity index (χ0v) is 41.4. The van der Waals surface area contributed by atoms with Gasteiger partial charge in [-0.3, -0.25) is 9.59 Å². The second-order valence-electron chi connectivity index (χ2n) is 15.1. The summed E-state index contributed by atoms with van der Waals surface area (Å²) in [5.41, 5.74) is 5.70. The van der Waals surface area contributed by atoms with Gasteiger partial charge in [0, 0.05) is 25.8 Å². The summed E-state index contributed by atoms with van der Waals surface area (Å²) in [6.45, 7) is 7.00. The van der Waals surface area contributed by atoms with E-state index in [0.717, 1.165) is 82.1 Å². The molecule has 0 saturated carbocycles. The summed E-state index contributed by atoms with van der Waals surface area (Å²) in [5.74, 6) is 1.23. The molecule has 4 heterocycles. The summed E-state index contributed by atoms with van der Waals surface area (Å²) >= 11 is 0. The highest BCUT2D eigenvalue weighted by Gasteiger charge is 2.39. The predicted octanol–water partition coefficient (Wildman–Crippen LogP) is 8.08. The van der Waals surface area contributed by atoms with Gasteiger partial charge in [-0.05, 0) is 84.7 Å². The summed E-state index contributed by atoms with van der Waals surface area (Å²) < 4.78 is 10.2. The molecule has 2 saturated heterocycles. The van der Waals surface area contributed by atoms with Gasteiger partial charge in [-0.15, -0.1) is 0 Å². The van der Waals surface area contributed by atoms with Gasteiger partial charge in [0.25, 0.3) is 0 Å². The average Bonchev–Trinajstić information content (AvgIpc) is 4.09. The minimum absolute atomic E-state index is 0. The number of alkyl carbamates (subject to hydrolysis) is 1. The van der Waals surface area contributed by atoms with Gasteiger partial charge in [-0.2, -0.15) is 72.4 Å². The van der Waals surface area contributed by atoms with Gasteiger partial charge in [-0.1, -0.05) is 58.0 Å². The smallest absolute Gasteiger partial charge is 0.407 e. The maximum atomic E-state index is 13.8. The van der Waals surface area contributed by atoms with Gasteiger partial charge in [0.05, 0.1) is 55.3 Å². The van der Waals surface area contributed by atoms with Crippen molar-refractivity contribution in [1.82, 2.24) is 35.1 Å². The lowest BCUT2D eigenvalue weighted by Gasteiger charge is -2.30. The first kappa shape index (κ1) is 58.0. The second kappa shape index (κ2) is 26.2. The summed E-state index contributed by atoms with van der Waals surface area (Å²) in [4.78, 5) is 73.7. The fourth-order valence-electron chi connectivity index (χ4n) is 8.10. The van der Waals surface area contributed by atoms with E-state index in [9.17, 15) is 14.4 Å². The fourth-order valence-corrected chi connectivity index (χ4v) is 8.10. The Morgan fingerprint density at radius 2 is 1.42 bits per heavy atom. The number of nitrogens with zero attached hydrogens (tertiary/aromatic N) is 5. The number of fused-ring (bicyclic) bond motifs is 2. The molecule has 2 aliphatic rings. The van der Waals surface area contributed by atoms with Crippen LogP contribution in [-0.4, -0.2) is 107 Å². The molecule has 5 aromatic rings. The highest BCUT2D eigenvalue weighted by molar-refractivity contribution is 7.60. The Hall–Kier alpha value is -4.05. The quantitative estimate of drug-likeness (QED) is 0.0430. The molecule has 64 heavy (non-hydrogen) atoms. The molecule has 3 N–H and O–H groups in total. The van der Waals surface area contributed by atoms with Crippen LogP contribution in [0.1, 0.15) is 84.0 Å². The summed E-state index contributed by atoms with van der Waals surface area (Å²) in [5, 5.41) is 4.79. The van der Waals surface area contributed by atoms with Crippen LogP contribution in [0.5, 0.6) is 0 Å². The minimum atomic E-state index is -0.895. The number of hydrogen-bond donors (Lipinski definition) is 3. The molecule has 6 atom stereocenters. The molecule has 3 aromatic carbocycles. The van der Waals surface area contributed by atoms with E-state index in [1.807, 2.05) is 24.8 Å². The minimum Gasteiger partial charge on any atom is -0.453 e. The number of carbonyl (C=O) groups is 3. The van der Waals surface area contributed by atoms with Crippen molar-refractivity contribution in [3.05, 3.63) is 72.4 Å². The number of benzene rings is 3. The van der Waals surface area contributed by atoms with E-state index in [2.05, 4.69) is 73.7 Å². The molecule has 2 aromatic heterocycles. The zero-order chi connectivity index (χ0) is 40.9. The summed E-state index contributed by atoms with van der Waals surface area (Å²) in [7, 11) is 4.17. The second-order valence-corrected chi connectivity index (χ2v) is 15.1. The number of aromatic amines is 2. The average molecular weight is 979 g/mol. The first-order valence-electron chi connectivity index (χ1n) is 19.9. The topological polar surface area (TPSA) is 176 Å². The van der Waals surface area contributed by atoms with Crippen molar-refractivity contribution < 1.29 is 33.6 Å². The number of aliphatic imine (C=N–C) groups is 1. The number of amides is 3. The van der Waals surface area contributed by atoms with E-state index in [1.54, 1.807) is 18.0 Å². The third-order valence-electron chi connectivity index (χ3n) is 11.6. The maximum Gasteiger partial charge on any atom is 0.407 e. The Morgan fingerprint density at radius 3 is 2.05 bits per heavy atom. The van der Waals surface area contributed by atoms with Crippen molar-refractivity contribution in [1.29, 1.82) is 0 Å². The van der Waals surface area contributed by atoms with Crippen LogP contribution < -0.4 is 5.32 Å². The number of nitrogens with one attached hydrogen (secondary N) is 3. The number of methoxy groups -OCH3 is 2. The van der Waals surface area contributed by atoms with Gasteiger partial charge in [-0.25, -0.2) is 19.8 Å². The van der Waals surface area contributed by atoms with E-state index in [4.69, 9.17) is 24.3 Å². The van der Waals surface area contributed by atoms with E-state index < -0.39 is 24.3 Å². The molecule has 0 bridgehead atoms. The molecular weight excluding hydrogens is 913 g/mol. The molecule has 354 valence electrons. The lowest BCUT2D eigenvalue weighted by atomic mass is 9.98. The molecule has 0 spiro atoms. The maximum absolute atomic E-state index is 13.8. The van der Waals surface area contributed by atoms with Crippen LogP contribution in [0.3, 0.4) is 0 Å². The monoisotopic (exact) mass is 978 g/mol. The Morgan fingerprint density at radius 1 is 0.828 bits per heavy atom. The van der Waals surface area contributed by atoms with Gasteiger partial charge < -0.3 is 39.4 Å². The van der Waals surface area contributed by atoms with Crippen LogP contribution in [0.4, 0.5) is 4.79 Å². The van der Waals surface area contributed by atoms with Crippen molar-refractivity contribution >= 4 is 114 Å². The van der Waals surface area contributed by atoms with Crippen LogP contribution in [0.25, 0.3) is 44.2 Å². The Bertz CT molecular complexity index is 2310. The SMILES string of the molecule is C.CC[C@H](C)[C@H](N=COOC)C(=O)N1CCC[C@H]1c1nc2ccc(-c3ccc4cc(-c5cnc([C@@H]6CCCN6C(=O)[C@@H](NC(=O)OC)[C@@H](C)OC)[nH]5)ccc4c3)cc2[nH]1.S.S.S.S.S. The van der Waals surface area contributed by atoms with Gasteiger partial charge in [0.15, 0.2) is 0 Å². The lowest BCUT2D eigenvalue weighted by Crippen LogP contribution is -2.54. The molecule has 0 unspecified atom stereocenters. The molecule has 0 aliphatic carbocycles. The van der Waals surface area contributed by atoms with Crippen molar-refractivity contribution in [2.45, 2.75) is 90.6 Å². The number of aromatic nitrogens is 4. The summed E-state index contributed by atoms with van der Waals surface area (Å²) in [6.07, 6.45) is 5.83. The fraction of sp³-hybridized carbons (Fsp3) is 0.455. The molecule has 7 rings (SSSR count). The van der Waals surface area contributed by atoms with Crippen LogP contribution in [0.2, 0.25) is 0 Å². The number of H-pyrrole nitrogens is 2. The number of likely N-dealkylation sites (tertiary alicyclic amines) is 2. The van der Waals surface area contributed by atoms with Crippen molar-refractivity contribution in [3.8, 4) is 22.4 Å². The lowest BCUT2D eigenvalue weighted by molar-refractivity contribution is -0.188. The number of carbonyl (C=O) groups excluding carboxylic acids is 3. The van der Waals surface area contributed by atoms with Gasteiger partial charge >= 0.3 is 6.09 Å². The van der Waals surface area contributed by atoms with Crippen LogP contribution >= 0.6 is 67.5 Å². The van der Waals surface area contributed by atoms with Crippen molar-refractivity contribution in [2.75, 3.05) is 34.4 Å². The molecule has 15 nitrogen and oxygen atoms in total. The highest BCUT2D eigenvalue weighted by atomic mass is 32.1. The van der Waals surface area contributed by atoms with Crippen LogP contribution in [0, 0.1) is 5.92 Å². The predicted molar refractivity (Wildman–Crippen MR) is 278 cm³/mol. The Kier molecular flexibility index (Phi) is 23.7. The number of hydrogen-bond acceptors (Lipinski definition) is 10. The van der Waals surface area contributed by atoms with Crippen molar-refractivity contribution in [3.63, 3.8) is 0 Å². The van der Waals surface area contributed by atoms with E-state index in [-0.39, 0.29) is 105 Å². The van der Waals surface area contributed by atoms with E-state index in [1.165, 1.54) is 27.7 Å². The van der Waals surface area contributed by atoms with Crippen molar-refractivity contribution in [2.24, 2.45) is 10.9 Å². The molecule has 3 amide bonds. The van der Waals surface area contributed by atoms with Gasteiger partial charge in [0.2, 0.25) is 18.2 Å². The number of rotatable bonds is 14. The molecular formula is C44H66N8O7S5. The Balaban J connectivity index is 0.00000341. The summed E-state index contributed by atoms with van der Waals surface area (Å²) in [6, 6.07) is 17.0. The number of imidazole rings is 2. The normalized spacial score (nSPS) is 17.3. The van der Waals surface area contributed by atoms with Crippen LogP contribution in [0.15, 0.2) is 65.8 Å². The first-order valence-corrected chi connectivity index (χ1v) is 19.9. The van der Waals surface area contributed by atoms with Crippen LogP contribution in [-0.2, 0) is 28.8 Å². The third-order valence-corrected chi connectivity index (χ3v) is 11.6. The van der Waals surface area contributed by atoms with E-state index in [0.29, 0.717) is 18.9 Å². The zero-order valence-electron chi connectivity index (χ0n) is 36.4. The van der Waals surface area contributed by atoms with Gasteiger partial charge in [0.1, 0.15) is 23.7 Å². The van der Waals surface area contributed by atoms with E-state index >= 15 is 0 Å². The molecule has 20 heteroatoms. The standard InChI is InChI=1S/C43H52N8O7.CH4.5H2S/c1-7-25(2)37(45-24-58-57-6)41(52)51-19-9-11-36(51)40-46-32-17-16-30(22-33(32)47-40)28-12-13-29-21-31(15-14-27(29)20-28)34-23-44-39(48-34)35-10-8-18-50(35)42(53)38(26(3)55-4)49-43(54)56-5;;;;;;/h12-17,20-26,35-38H,7-11,18-19H2,1-6H3,(H,44,48)(H,46,47)(H,49,54);1H4;5*1H2/t25-,26+,35-,36-,37-,38-;;;;;;/m0....../s1. The molecule has 0 radical (unpaired) electrons. The molecule has 2 fully saturated rings. The third kappa shape index (κ3) is 12.4. The Labute approximate surface area is 410 Å². The number of ether oxygens (including phenoxy) is 2. The largest absolute Gasteiger partial charge is 0.453 e. The molecule has 2 aliphatic heterocycles.